The number of rotatable bonds is 5. The van der Waals surface area contributed by atoms with Crippen molar-refractivity contribution >= 4 is 45.7 Å². The molecule has 2 N–H and O–H groups in total. The van der Waals surface area contributed by atoms with Gasteiger partial charge in [-0.2, -0.15) is 13.2 Å². The zero-order valence-corrected chi connectivity index (χ0v) is 20.4. The molecule has 7 nitrogen and oxygen atoms in total. The lowest BCUT2D eigenvalue weighted by atomic mass is 9.90. The van der Waals surface area contributed by atoms with Crippen molar-refractivity contribution in [3.05, 3.63) is 59.2 Å². The number of fused-ring (bicyclic) bond motifs is 2. The third-order valence-electron chi connectivity index (χ3n) is 6.62. The van der Waals surface area contributed by atoms with Gasteiger partial charge in [0.15, 0.2) is 6.61 Å². The summed E-state index contributed by atoms with van der Waals surface area (Å²) < 4.78 is 45.7. The predicted octanol–water partition coefficient (Wildman–Crippen LogP) is 5.17. The number of aromatic nitrogens is 1. The number of carbonyl (C=O) groups is 2. The van der Waals surface area contributed by atoms with Crippen molar-refractivity contribution < 1.29 is 27.5 Å². The highest BCUT2D eigenvalue weighted by molar-refractivity contribution is 6.31. The standard InChI is InChI=1S/C26H24ClF3N4O3/c27-15-5-10-19-18(11-15)20(12-23(33-19)26(28,29)30)31-16-6-8-17(9-7-16)32-24(35)13-34-21-3-1-2-4-22(21)37-14-25(34)36/h1-5,10-12,16-17H,6-9,13-14H2,(H,31,33)(H,32,35). The number of benzene rings is 2. The molecule has 194 valence electrons. The van der Waals surface area contributed by atoms with Gasteiger partial charge in [-0.15, -0.1) is 0 Å². The number of halogens is 4. The lowest BCUT2D eigenvalue weighted by molar-refractivity contribution is -0.140. The van der Waals surface area contributed by atoms with E-state index in [-0.39, 0.29) is 42.6 Å². The fourth-order valence-corrected chi connectivity index (χ4v) is 4.98. The van der Waals surface area contributed by atoms with Crippen LogP contribution in [0.25, 0.3) is 10.9 Å². The SMILES string of the molecule is O=C(CN1C(=O)COc2ccccc21)NC1CCC(Nc2cc(C(F)(F)F)nc3ccc(Cl)cc23)CC1. The molecular formula is C26H24ClF3N4O3. The van der Waals surface area contributed by atoms with E-state index in [0.717, 1.165) is 6.07 Å². The van der Waals surface area contributed by atoms with E-state index >= 15 is 0 Å². The van der Waals surface area contributed by atoms with E-state index in [2.05, 4.69) is 15.6 Å². The van der Waals surface area contributed by atoms with Crippen molar-refractivity contribution in [2.45, 2.75) is 43.9 Å². The van der Waals surface area contributed by atoms with Gasteiger partial charge in [-0.1, -0.05) is 23.7 Å². The molecule has 2 aliphatic rings. The first-order valence-electron chi connectivity index (χ1n) is 11.9. The lowest BCUT2D eigenvalue weighted by Crippen LogP contribution is -2.48. The number of nitrogens with zero attached hydrogens (tertiary/aromatic N) is 2. The van der Waals surface area contributed by atoms with Crippen LogP contribution < -0.4 is 20.3 Å². The van der Waals surface area contributed by atoms with Crippen molar-refractivity contribution in [2.75, 3.05) is 23.4 Å². The van der Waals surface area contributed by atoms with Crippen LogP contribution in [0.15, 0.2) is 48.5 Å². The Morgan fingerprint density at radius 1 is 1.08 bits per heavy atom. The Hall–Kier alpha value is -3.53. The second-order valence-electron chi connectivity index (χ2n) is 9.21. The van der Waals surface area contributed by atoms with Gasteiger partial charge in [0, 0.05) is 28.2 Å². The van der Waals surface area contributed by atoms with Gasteiger partial charge in [-0.3, -0.25) is 14.5 Å². The molecule has 1 saturated carbocycles. The molecule has 2 amide bonds. The van der Waals surface area contributed by atoms with Crippen molar-refractivity contribution in [1.29, 1.82) is 0 Å². The summed E-state index contributed by atoms with van der Waals surface area (Å²) in [6.45, 7) is -0.229. The maximum absolute atomic E-state index is 13.4. The minimum Gasteiger partial charge on any atom is -0.482 e. The average Bonchev–Trinajstić information content (AvgIpc) is 2.86. The van der Waals surface area contributed by atoms with E-state index in [1.807, 2.05) is 0 Å². The third kappa shape index (κ3) is 5.58. The number of pyridine rings is 1. The summed E-state index contributed by atoms with van der Waals surface area (Å²) >= 11 is 6.09. The summed E-state index contributed by atoms with van der Waals surface area (Å²) in [7, 11) is 0. The molecule has 1 aliphatic heterocycles. The molecule has 1 aromatic heterocycles. The van der Waals surface area contributed by atoms with Gasteiger partial charge >= 0.3 is 6.18 Å². The van der Waals surface area contributed by atoms with Crippen LogP contribution in [0, 0.1) is 0 Å². The van der Waals surface area contributed by atoms with E-state index in [1.54, 1.807) is 30.3 Å². The van der Waals surface area contributed by atoms with Gasteiger partial charge in [0.2, 0.25) is 5.91 Å². The number of carbonyl (C=O) groups excluding carboxylic acids is 2. The van der Waals surface area contributed by atoms with E-state index in [9.17, 15) is 22.8 Å². The van der Waals surface area contributed by atoms with Crippen molar-refractivity contribution in [2.24, 2.45) is 0 Å². The topological polar surface area (TPSA) is 83.6 Å². The zero-order valence-electron chi connectivity index (χ0n) is 19.6. The molecule has 5 rings (SSSR count). The van der Waals surface area contributed by atoms with Crippen LogP contribution in [0.1, 0.15) is 31.4 Å². The number of para-hydroxylation sites is 2. The van der Waals surface area contributed by atoms with Crippen LogP contribution in [-0.4, -0.2) is 42.0 Å². The molecule has 0 saturated heterocycles. The predicted molar refractivity (Wildman–Crippen MR) is 134 cm³/mol. The van der Waals surface area contributed by atoms with E-state index in [0.29, 0.717) is 53.2 Å². The number of hydrogen-bond donors (Lipinski definition) is 2. The van der Waals surface area contributed by atoms with E-state index < -0.39 is 11.9 Å². The molecule has 0 bridgehead atoms. The third-order valence-corrected chi connectivity index (χ3v) is 6.86. The molecule has 1 fully saturated rings. The Labute approximate surface area is 215 Å². The lowest BCUT2D eigenvalue weighted by Gasteiger charge is -2.32. The quantitative estimate of drug-likeness (QED) is 0.473. The maximum atomic E-state index is 13.4. The summed E-state index contributed by atoms with van der Waals surface area (Å²) in [4.78, 5) is 30.2. The smallest absolute Gasteiger partial charge is 0.433 e. The second-order valence-corrected chi connectivity index (χ2v) is 9.65. The largest absolute Gasteiger partial charge is 0.482 e. The fraction of sp³-hybridized carbons (Fsp3) is 0.346. The molecule has 2 aromatic carbocycles. The van der Waals surface area contributed by atoms with Gasteiger partial charge in [0.1, 0.15) is 18.0 Å². The molecule has 2 heterocycles. The molecule has 0 atom stereocenters. The number of hydrogen-bond acceptors (Lipinski definition) is 5. The average molecular weight is 533 g/mol. The van der Waals surface area contributed by atoms with Crippen molar-refractivity contribution in [3.8, 4) is 5.75 Å². The number of nitrogens with one attached hydrogen (secondary N) is 2. The number of anilines is 2. The highest BCUT2D eigenvalue weighted by atomic mass is 35.5. The van der Waals surface area contributed by atoms with Crippen molar-refractivity contribution in [3.63, 3.8) is 0 Å². The number of ether oxygens (including phenoxy) is 1. The van der Waals surface area contributed by atoms with E-state index in [4.69, 9.17) is 16.3 Å². The Morgan fingerprint density at radius 2 is 1.81 bits per heavy atom. The molecular weight excluding hydrogens is 509 g/mol. The molecule has 0 radical (unpaired) electrons. The van der Waals surface area contributed by atoms with Gasteiger partial charge in [-0.05, 0) is 62.1 Å². The van der Waals surface area contributed by atoms with Gasteiger partial charge < -0.3 is 15.4 Å². The Balaban J connectivity index is 1.21. The van der Waals surface area contributed by atoms with Crippen LogP contribution in [-0.2, 0) is 15.8 Å². The first kappa shape index (κ1) is 25.1. The summed E-state index contributed by atoms with van der Waals surface area (Å²) in [5.41, 5.74) is 0.133. The highest BCUT2D eigenvalue weighted by Gasteiger charge is 2.34. The molecule has 0 unspecified atom stereocenters. The van der Waals surface area contributed by atoms with Crippen LogP contribution in [0.4, 0.5) is 24.5 Å². The highest BCUT2D eigenvalue weighted by Crippen LogP contribution is 2.35. The van der Waals surface area contributed by atoms with Crippen LogP contribution in [0.2, 0.25) is 5.02 Å². The Morgan fingerprint density at radius 3 is 2.57 bits per heavy atom. The van der Waals surface area contributed by atoms with E-state index in [1.165, 1.54) is 17.0 Å². The van der Waals surface area contributed by atoms with Crippen LogP contribution in [0.5, 0.6) is 5.75 Å². The minimum atomic E-state index is -4.57. The van der Waals surface area contributed by atoms with Gasteiger partial charge in [0.05, 0.1) is 11.2 Å². The summed E-state index contributed by atoms with van der Waals surface area (Å²) in [5, 5.41) is 7.16. The molecule has 3 aromatic rings. The van der Waals surface area contributed by atoms with Crippen LogP contribution >= 0.6 is 11.6 Å². The number of amides is 2. The Kier molecular flexibility index (Phi) is 6.85. The van der Waals surface area contributed by atoms with Crippen molar-refractivity contribution in [1.82, 2.24) is 10.3 Å². The van der Waals surface area contributed by atoms with Gasteiger partial charge in [-0.25, -0.2) is 4.98 Å². The summed E-state index contributed by atoms with van der Waals surface area (Å²) in [5.74, 6) is -0.00389. The first-order chi connectivity index (χ1) is 17.7. The zero-order chi connectivity index (χ0) is 26.2. The maximum Gasteiger partial charge on any atom is 0.433 e. The summed E-state index contributed by atoms with van der Waals surface area (Å²) in [6, 6.07) is 12.5. The second kappa shape index (κ2) is 10.1. The summed E-state index contributed by atoms with van der Waals surface area (Å²) in [6.07, 6.45) is -1.99. The Bertz CT molecular complexity index is 1340. The molecule has 11 heteroatoms. The van der Waals surface area contributed by atoms with Gasteiger partial charge in [0.25, 0.3) is 5.91 Å². The molecule has 1 aliphatic carbocycles. The van der Waals surface area contributed by atoms with Crippen LogP contribution in [0.3, 0.4) is 0 Å². The monoisotopic (exact) mass is 532 g/mol. The fourth-order valence-electron chi connectivity index (χ4n) is 4.81. The first-order valence-corrected chi connectivity index (χ1v) is 12.3. The minimum absolute atomic E-state index is 0.0773. The molecule has 0 spiro atoms. The number of alkyl halides is 3. The molecule has 37 heavy (non-hydrogen) atoms. The normalized spacial score (nSPS) is 19.8.